The van der Waals surface area contributed by atoms with Gasteiger partial charge in [0, 0.05) is 23.6 Å². The van der Waals surface area contributed by atoms with E-state index in [1.807, 2.05) is 19.1 Å². The van der Waals surface area contributed by atoms with Gasteiger partial charge in [0.2, 0.25) is 0 Å². The molecule has 4 nitrogen and oxygen atoms in total. The normalized spacial score (nSPS) is 13.0. The van der Waals surface area contributed by atoms with E-state index in [-0.39, 0.29) is 17.5 Å². The molecular formula is C17H18N2O2. The van der Waals surface area contributed by atoms with Gasteiger partial charge in [-0.1, -0.05) is 24.3 Å². The summed E-state index contributed by atoms with van der Waals surface area (Å²) in [7, 11) is 0. The van der Waals surface area contributed by atoms with Crippen LogP contribution in [0, 0.1) is 0 Å². The summed E-state index contributed by atoms with van der Waals surface area (Å²) in [4.78, 5) is 8.62. The van der Waals surface area contributed by atoms with Gasteiger partial charge >= 0.3 is 0 Å². The van der Waals surface area contributed by atoms with Gasteiger partial charge in [0.25, 0.3) is 0 Å². The predicted octanol–water partition coefficient (Wildman–Crippen LogP) is 3.02. The number of nitrogens with zero attached hydrogens (tertiary/aromatic N) is 2. The Morgan fingerprint density at radius 1 is 0.905 bits per heavy atom. The molecule has 4 heteroatoms. The Labute approximate surface area is 124 Å². The van der Waals surface area contributed by atoms with Crippen LogP contribution in [0.2, 0.25) is 0 Å². The minimum absolute atomic E-state index is 0.00767. The Kier molecular flexibility index (Phi) is 5.10. The quantitative estimate of drug-likeness (QED) is 0.828. The van der Waals surface area contributed by atoms with Crippen LogP contribution in [-0.4, -0.2) is 35.2 Å². The van der Waals surface area contributed by atoms with Crippen LogP contribution in [0.25, 0.3) is 0 Å². The first-order valence-electron chi connectivity index (χ1n) is 6.76. The van der Waals surface area contributed by atoms with Crippen molar-refractivity contribution in [1.82, 2.24) is 0 Å². The molecule has 1 atom stereocenters. The van der Waals surface area contributed by atoms with Crippen LogP contribution in [0.3, 0.4) is 0 Å². The van der Waals surface area contributed by atoms with Crippen molar-refractivity contribution in [2.24, 2.45) is 9.98 Å². The highest BCUT2D eigenvalue weighted by atomic mass is 16.3. The van der Waals surface area contributed by atoms with Crippen molar-refractivity contribution < 1.29 is 10.2 Å². The fourth-order valence-corrected chi connectivity index (χ4v) is 1.75. The minimum Gasteiger partial charge on any atom is -0.507 e. The summed E-state index contributed by atoms with van der Waals surface area (Å²) in [5, 5.41) is 19.2. The Bertz CT molecular complexity index is 651. The van der Waals surface area contributed by atoms with Crippen molar-refractivity contribution in [3.8, 4) is 11.5 Å². The molecule has 0 aliphatic carbocycles. The summed E-state index contributed by atoms with van der Waals surface area (Å²) in [6.45, 7) is 2.46. The summed E-state index contributed by atoms with van der Waals surface area (Å²) in [6, 6.07) is 14.1. The minimum atomic E-state index is -0.00767. The number of phenols is 2. The predicted molar refractivity (Wildman–Crippen MR) is 85.7 cm³/mol. The second-order valence-corrected chi connectivity index (χ2v) is 4.74. The summed E-state index contributed by atoms with van der Waals surface area (Å²) in [5.41, 5.74) is 1.38. The Hall–Kier alpha value is -2.62. The lowest BCUT2D eigenvalue weighted by Crippen LogP contribution is -2.04. The summed E-state index contributed by atoms with van der Waals surface area (Å²) in [6.07, 6.45) is 3.29. The van der Waals surface area contributed by atoms with E-state index in [0.717, 1.165) is 0 Å². The van der Waals surface area contributed by atoms with Gasteiger partial charge in [-0.05, 0) is 31.2 Å². The average Bonchev–Trinajstić information content (AvgIpc) is 2.48. The van der Waals surface area contributed by atoms with Crippen molar-refractivity contribution in [2.45, 2.75) is 13.0 Å². The molecule has 2 N–H and O–H groups in total. The van der Waals surface area contributed by atoms with Crippen molar-refractivity contribution in [3.05, 3.63) is 59.7 Å². The first kappa shape index (κ1) is 14.8. The summed E-state index contributed by atoms with van der Waals surface area (Å²) in [5.74, 6) is 0.428. The van der Waals surface area contributed by atoms with Crippen LogP contribution >= 0.6 is 0 Å². The molecule has 0 aliphatic rings. The SMILES string of the molecule is CC(CN=Cc1ccccc1O)N=Cc1ccccc1O. The van der Waals surface area contributed by atoms with Gasteiger partial charge < -0.3 is 10.2 Å². The molecule has 0 aromatic heterocycles. The Balaban J connectivity index is 1.92. The number of rotatable bonds is 5. The number of phenolic OH excluding ortho intramolecular Hbond substituents is 2. The topological polar surface area (TPSA) is 65.2 Å². The third-order valence-corrected chi connectivity index (χ3v) is 2.94. The lowest BCUT2D eigenvalue weighted by molar-refractivity contribution is 0.474. The van der Waals surface area contributed by atoms with Gasteiger partial charge in [0.15, 0.2) is 0 Å². The molecular weight excluding hydrogens is 264 g/mol. The number of benzene rings is 2. The fraction of sp³-hybridized carbons (Fsp3) is 0.176. The summed E-state index contributed by atoms with van der Waals surface area (Å²) >= 11 is 0. The molecule has 0 amide bonds. The molecule has 0 saturated heterocycles. The van der Waals surface area contributed by atoms with Gasteiger partial charge in [-0.3, -0.25) is 9.98 Å². The number of hydrogen-bond acceptors (Lipinski definition) is 4. The Morgan fingerprint density at radius 3 is 2.00 bits per heavy atom. The van der Waals surface area contributed by atoms with Crippen LogP contribution in [-0.2, 0) is 0 Å². The molecule has 21 heavy (non-hydrogen) atoms. The largest absolute Gasteiger partial charge is 0.507 e. The van der Waals surface area contributed by atoms with Crippen LogP contribution in [0.4, 0.5) is 0 Å². The van der Waals surface area contributed by atoms with Crippen LogP contribution < -0.4 is 0 Å². The van der Waals surface area contributed by atoms with E-state index in [4.69, 9.17) is 0 Å². The molecule has 1 unspecified atom stereocenters. The fourth-order valence-electron chi connectivity index (χ4n) is 1.75. The maximum Gasteiger partial charge on any atom is 0.124 e. The average molecular weight is 282 g/mol. The maximum atomic E-state index is 9.63. The lowest BCUT2D eigenvalue weighted by atomic mass is 10.2. The molecule has 0 spiro atoms. The van der Waals surface area contributed by atoms with Crippen molar-refractivity contribution in [2.75, 3.05) is 6.54 Å². The molecule has 2 aromatic rings. The van der Waals surface area contributed by atoms with Gasteiger partial charge in [-0.15, -0.1) is 0 Å². The molecule has 2 aromatic carbocycles. The highest BCUT2D eigenvalue weighted by Crippen LogP contribution is 2.14. The van der Waals surface area contributed by atoms with E-state index >= 15 is 0 Å². The van der Waals surface area contributed by atoms with E-state index in [1.54, 1.807) is 48.8 Å². The van der Waals surface area contributed by atoms with Crippen LogP contribution in [0.5, 0.6) is 11.5 Å². The van der Waals surface area contributed by atoms with E-state index in [2.05, 4.69) is 9.98 Å². The molecule has 0 radical (unpaired) electrons. The zero-order chi connectivity index (χ0) is 15.1. The molecule has 0 saturated carbocycles. The van der Waals surface area contributed by atoms with E-state index in [9.17, 15) is 10.2 Å². The van der Waals surface area contributed by atoms with Crippen molar-refractivity contribution in [1.29, 1.82) is 0 Å². The summed E-state index contributed by atoms with van der Waals surface area (Å²) < 4.78 is 0. The van der Waals surface area contributed by atoms with Crippen LogP contribution in [0.1, 0.15) is 18.1 Å². The van der Waals surface area contributed by atoms with Gasteiger partial charge in [0.05, 0.1) is 12.6 Å². The number of hydrogen-bond donors (Lipinski definition) is 2. The molecule has 0 aliphatic heterocycles. The van der Waals surface area contributed by atoms with Gasteiger partial charge in [0.1, 0.15) is 11.5 Å². The van der Waals surface area contributed by atoms with Crippen molar-refractivity contribution >= 4 is 12.4 Å². The van der Waals surface area contributed by atoms with E-state index < -0.39 is 0 Å². The number of aromatic hydroxyl groups is 2. The van der Waals surface area contributed by atoms with Crippen LogP contribution in [0.15, 0.2) is 58.5 Å². The zero-order valence-electron chi connectivity index (χ0n) is 11.8. The molecule has 0 fully saturated rings. The first-order valence-corrected chi connectivity index (χ1v) is 6.76. The van der Waals surface area contributed by atoms with E-state index in [1.165, 1.54) is 0 Å². The van der Waals surface area contributed by atoms with Gasteiger partial charge in [-0.2, -0.15) is 0 Å². The smallest absolute Gasteiger partial charge is 0.124 e. The standard InChI is InChI=1S/C17H18N2O2/c1-13(19-12-15-7-3-5-9-17(15)21)10-18-11-14-6-2-4-8-16(14)20/h2-9,11-13,20-21H,10H2,1H3. The van der Waals surface area contributed by atoms with E-state index in [0.29, 0.717) is 17.7 Å². The molecule has 0 heterocycles. The highest BCUT2D eigenvalue weighted by molar-refractivity contribution is 5.84. The second kappa shape index (κ2) is 7.24. The molecule has 0 bridgehead atoms. The lowest BCUT2D eigenvalue weighted by Gasteiger charge is -2.03. The van der Waals surface area contributed by atoms with Gasteiger partial charge in [-0.25, -0.2) is 0 Å². The first-order chi connectivity index (χ1) is 10.2. The third-order valence-electron chi connectivity index (χ3n) is 2.94. The van der Waals surface area contributed by atoms with Crippen molar-refractivity contribution in [3.63, 3.8) is 0 Å². The zero-order valence-corrected chi connectivity index (χ0v) is 11.8. The molecule has 2 rings (SSSR count). The highest BCUT2D eigenvalue weighted by Gasteiger charge is 1.99. The second-order valence-electron chi connectivity index (χ2n) is 4.74. The monoisotopic (exact) mass is 282 g/mol. The Morgan fingerprint density at radius 2 is 1.43 bits per heavy atom. The third kappa shape index (κ3) is 4.45. The maximum absolute atomic E-state index is 9.63. The molecule has 108 valence electrons. The number of aliphatic imine (C=N–C) groups is 2. The number of para-hydroxylation sites is 2.